The first kappa shape index (κ1) is 28.3. The fourth-order valence-electron chi connectivity index (χ4n) is 3.55. The third-order valence-corrected chi connectivity index (χ3v) is 5.84. The van der Waals surface area contributed by atoms with Gasteiger partial charge in [0.05, 0.1) is 16.6 Å². The van der Waals surface area contributed by atoms with Gasteiger partial charge in [-0.15, -0.1) is 0 Å². The third-order valence-electron chi connectivity index (χ3n) is 5.51. The van der Waals surface area contributed by atoms with Crippen molar-refractivity contribution in [2.24, 2.45) is 5.73 Å². The first-order valence-electron chi connectivity index (χ1n) is 11.4. The molecular weight excluding hydrogens is 557 g/mol. The number of carboxylic acid groups (broad SMARTS) is 1. The fraction of sp³-hybridized carbons (Fsp3) is 0.167. The second-order valence-corrected chi connectivity index (χ2v) is 8.76. The molecule has 0 bridgehead atoms. The SMILES string of the molecule is N[C@@H](CCC(=O)O)C(=O)Nc1ncnc2c1ncn2-c1ccc(NC(=O)Nc2ccc(Cl)c(C(F)(F)F)c2)cc1. The van der Waals surface area contributed by atoms with Crippen LogP contribution in [0.4, 0.5) is 35.2 Å². The maximum absolute atomic E-state index is 13.1. The van der Waals surface area contributed by atoms with Gasteiger partial charge in [0, 0.05) is 23.5 Å². The van der Waals surface area contributed by atoms with E-state index in [0.717, 1.165) is 12.1 Å². The largest absolute Gasteiger partial charge is 0.481 e. The number of carbonyl (C=O) groups excluding carboxylic acids is 2. The summed E-state index contributed by atoms with van der Waals surface area (Å²) in [7, 11) is 0. The third kappa shape index (κ3) is 6.62. The Kier molecular flexibility index (Phi) is 8.16. The second kappa shape index (κ2) is 11.5. The number of alkyl halides is 3. The molecule has 6 N–H and O–H groups in total. The van der Waals surface area contributed by atoms with Crippen LogP contribution >= 0.6 is 11.6 Å². The van der Waals surface area contributed by atoms with Gasteiger partial charge in [0.15, 0.2) is 17.0 Å². The van der Waals surface area contributed by atoms with E-state index in [1.165, 1.54) is 18.7 Å². The maximum atomic E-state index is 13.1. The highest BCUT2D eigenvalue weighted by Crippen LogP contribution is 2.36. The maximum Gasteiger partial charge on any atom is 0.417 e. The highest BCUT2D eigenvalue weighted by atomic mass is 35.5. The predicted molar refractivity (Wildman–Crippen MR) is 139 cm³/mol. The summed E-state index contributed by atoms with van der Waals surface area (Å²) in [6.45, 7) is 0. The number of nitrogens with one attached hydrogen (secondary N) is 3. The number of hydrogen-bond donors (Lipinski definition) is 5. The number of hydrogen-bond acceptors (Lipinski definition) is 7. The van der Waals surface area contributed by atoms with Crippen molar-refractivity contribution >= 4 is 57.9 Å². The van der Waals surface area contributed by atoms with Crippen molar-refractivity contribution in [3.63, 3.8) is 0 Å². The van der Waals surface area contributed by atoms with Crippen molar-refractivity contribution < 1.29 is 32.7 Å². The molecule has 0 radical (unpaired) electrons. The molecule has 0 saturated heterocycles. The van der Waals surface area contributed by atoms with Crippen molar-refractivity contribution in [1.82, 2.24) is 19.5 Å². The normalized spacial score (nSPS) is 12.1. The van der Waals surface area contributed by atoms with Crippen LogP contribution in [0.2, 0.25) is 5.02 Å². The van der Waals surface area contributed by atoms with Gasteiger partial charge in [-0.3, -0.25) is 14.2 Å². The number of imidazole rings is 1. The highest BCUT2D eigenvalue weighted by Gasteiger charge is 2.33. The number of rotatable bonds is 8. The monoisotopic (exact) mass is 576 g/mol. The van der Waals surface area contributed by atoms with Crippen molar-refractivity contribution in [3.8, 4) is 5.69 Å². The molecule has 4 rings (SSSR count). The molecule has 12 nitrogen and oxygen atoms in total. The summed E-state index contributed by atoms with van der Waals surface area (Å²) in [5.74, 6) is -1.61. The molecule has 208 valence electrons. The minimum Gasteiger partial charge on any atom is -0.481 e. The molecule has 0 saturated carbocycles. The van der Waals surface area contributed by atoms with Gasteiger partial charge in [-0.25, -0.2) is 19.7 Å². The van der Waals surface area contributed by atoms with Crippen LogP contribution in [0.5, 0.6) is 0 Å². The van der Waals surface area contributed by atoms with E-state index in [4.69, 9.17) is 22.4 Å². The van der Waals surface area contributed by atoms with E-state index in [0.29, 0.717) is 17.0 Å². The lowest BCUT2D eigenvalue weighted by Crippen LogP contribution is -2.36. The summed E-state index contributed by atoms with van der Waals surface area (Å²) in [5, 5.41) is 15.7. The molecular formula is C24H20ClF3N8O4. The van der Waals surface area contributed by atoms with Gasteiger partial charge in [-0.1, -0.05) is 11.6 Å². The summed E-state index contributed by atoms with van der Waals surface area (Å²) < 4.78 is 40.8. The number of amides is 3. The number of halogens is 4. The van der Waals surface area contributed by atoms with Crippen molar-refractivity contribution in [3.05, 3.63) is 65.7 Å². The topological polar surface area (TPSA) is 177 Å². The van der Waals surface area contributed by atoms with E-state index in [1.807, 2.05) is 0 Å². The number of nitrogens with two attached hydrogens (primary N) is 1. The molecule has 0 fully saturated rings. The molecule has 2 aromatic heterocycles. The minimum atomic E-state index is -4.68. The lowest BCUT2D eigenvalue weighted by molar-refractivity contribution is -0.138. The van der Waals surface area contributed by atoms with Gasteiger partial charge in [0.1, 0.15) is 12.7 Å². The van der Waals surface area contributed by atoms with E-state index >= 15 is 0 Å². The minimum absolute atomic E-state index is 0.0590. The van der Waals surface area contributed by atoms with Crippen LogP contribution in [-0.4, -0.2) is 48.6 Å². The van der Waals surface area contributed by atoms with E-state index in [2.05, 4.69) is 30.9 Å². The van der Waals surface area contributed by atoms with Crippen LogP contribution in [0.15, 0.2) is 55.1 Å². The van der Waals surface area contributed by atoms with Crippen LogP contribution in [0.25, 0.3) is 16.9 Å². The number of aliphatic carboxylic acids is 1. The van der Waals surface area contributed by atoms with Crippen LogP contribution < -0.4 is 21.7 Å². The van der Waals surface area contributed by atoms with E-state index < -0.39 is 40.7 Å². The average Bonchev–Trinajstić information content (AvgIpc) is 3.33. The molecule has 16 heteroatoms. The average molecular weight is 577 g/mol. The molecule has 0 aliphatic rings. The predicted octanol–water partition coefficient (Wildman–Crippen LogP) is 4.26. The molecule has 0 aliphatic carbocycles. The summed E-state index contributed by atoms with van der Waals surface area (Å²) in [5.41, 5.74) is 6.09. The molecule has 3 amide bonds. The first-order chi connectivity index (χ1) is 18.9. The Labute approximate surface area is 228 Å². The molecule has 0 aliphatic heterocycles. The number of aromatic nitrogens is 4. The Morgan fingerprint density at radius 2 is 1.68 bits per heavy atom. The summed E-state index contributed by atoms with van der Waals surface area (Å²) in [4.78, 5) is 47.8. The zero-order valence-corrected chi connectivity index (χ0v) is 21.0. The number of carboxylic acids is 1. The molecule has 1 atom stereocenters. The van der Waals surface area contributed by atoms with Crippen LogP contribution in [0.3, 0.4) is 0 Å². The highest BCUT2D eigenvalue weighted by molar-refractivity contribution is 6.31. The number of anilines is 3. The fourth-order valence-corrected chi connectivity index (χ4v) is 3.78. The number of carbonyl (C=O) groups is 3. The smallest absolute Gasteiger partial charge is 0.417 e. The van der Waals surface area contributed by atoms with Gasteiger partial charge in [-0.05, 0) is 48.9 Å². The summed E-state index contributed by atoms with van der Waals surface area (Å²) >= 11 is 5.60. The molecule has 0 unspecified atom stereocenters. The molecule has 40 heavy (non-hydrogen) atoms. The quantitative estimate of drug-likeness (QED) is 0.206. The number of benzene rings is 2. The lowest BCUT2D eigenvalue weighted by atomic mass is 10.1. The summed E-state index contributed by atoms with van der Waals surface area (Å²) in [6, 6.07) is 7.54. The molecule has 2 heterocycles. The van der Waals surface area contributed by atoms with Crippen molar-refractivity contribution in [2.75, 3.05) is 16.0 Å². The second-order valence-electron chi connectivity index (χ2n) is 8.36. The number of nitrogens with zero attached hydrogens (tertiary/aromatic N) is 4. The Hall–Kier alpha value is -4.76. The molecule has 2 aromatic carbocycles. The Balaban J connectivity index is 1.45. The summed E-state index contributed by atoms with van der Waals surface area (Å²) in [6.07, 6.45) is -2.36. The van der Waals surface area contributed by atoms with Crippen LogP contribution in [0, 0.1) is 0 Å². The molecule has 0 spiro atoms. The van der Waals surface area contributed by atoms with Gasteiger partial charge in [0.2, 0.25) is 5.91 Å². The number of fused-ring (bicyclic) bond motifs is 1. The van der Waals surface area contributed by atoms with E-state index in [-0.39, 0.29) is 29.9 Å². The zero-order valence-electron chi connectivity index (χ0n) is 20.2. The van der Waals surface area contributed by atoms with Gasteiger partial charge in [0.25, 0.3) is 0 Å². The van der Waals surface area contributed by atoms with Crippen LogP contribution in [0.1, 0.15) is 18.4 Å². The van der Waals surface area contributed by atoms with Crippen LogP contribution in [-0.2, 0) is 15.8 Å². The first-order valence-corrected chi connectivity index (χ1v) is 11.8. The van der Waals surface area contributed by atoms with Gasteiger partial charge < -0.3 is 26.8 Å². The zero-order chi connectivity index (χ0) is 29.0. The van der Waals surface area contributed by atoms with Gasteiger partial charge >= 0.3 is 18.2 Å². The lowest BCUT2D eigenvalue weighted by Gasteiger charge is -2.12. The Bertz CT molecular complexity index is 1580. The van der Waals surface area contributed by atoms with Crippen molar-refractivity contribution in [2.45, 2.75) is 25.1 Å². The standard InChI is InChI=1S/C24H20ClF3N8O4/c25-16-6-3-13(9-15(16)24(26,27)28)34-23(40)33-12-1-4-14(5-2-12)36-11-32-19-20(30-10-31-21(19)36)35-22(39)17(29)7-8-18(37)38/h1-6,9-11,17H,7-8,29H2,(H,37,38)(H2,33,34,40)(H,30,31,35,39)/t17-/m0/s1. The Morgan fingerprint density at radius 1 is 1.00 bits per heavy atom. The number of urea groups is 1. The molecule has 4 aromatic rings. The van der Waals surface area contributed by atoms with Crippen molar-refractivity contribution in [1.29, 1.82) is 0 Å². The van der Waals surface area contributed by atoms with E-state index in [9.17, 15) is 27.6 Å². The van der Waals surface area contributed by atoms with E-state index in [1.54, 1.807) is 28.8 Å². The Morgan fingerprint density at radius 3 is 2.35 bits per heavy atom. The van der Waals surface area contributed by atoms with Gasteiger partial charge in [-0.2, -0.15) is 13.2 Å².